The molecule has 0 atom stereocenters. The van der Waals surface area contributed by atoms with E-state index in [1.54, 1.807) is 24.0 Å². The highest BCUT2D eigenvalue weighted by Gasteiger charge is 2.35. The molecular formula is C17H18F2N2S. The second-order valence-corrected chi connectivity index (χ2v) is 8.62. The highest BCUT2D eigenvalue weighted by atomic mass is 32.2. The Balaban J connectivity index is 2.11. The van der Waals surface area contributed by atoms with Gasteiger partial charge >= 0.3 is 0 Å². The Labute approximate surface area is 133 Å². The van der Waals surface area contributed by atoms with Crippen LogP contribution in [0.5, 0.6) is 0 Å². The van der Waals surface area contributed by atoms with Crippen LogP contribution in [-0.4, -0.2) is 20.3 Å². The van der Waals surface area contributed by atoms with Crippen molar-refractivity contribution in [3.05, 3.63) is 41.6 Å². The van der Waals surface area contributed by atoms with E-state index in [2.05, 4.69) is 32.7 Å². The quantitative estimate of drug-likeness (QED) is 0.742. The molecule has 2 heterocycles. The third-order valence-corrected chi connectivity index (χ3v) is 4.84. The third-order valence-electron chi connectivity index (χ3n) is 3.63. The van der Waals surface area contributed by atoms with E-state index >= 15 is 0 Å². The average Bonchev–Trinajstić information content (AvgIpc) is 2.39. The van der Waals surface area contributed by atoms with Crippen LogP contribution in [-0.2, 0) is 0 Å². The Hall–Kier alpha value is -1.49. The maximum atomic E-state index is 13.7. The van der Waals surface area contributed by atoms with Gasteiger partial charge in [0.1, 0.15) is 10.6 Å². The minimum atomic E-state index is -0.900. The summed E-state index contributed by atoms with van der Waals surface area (Å²) in [5, 5.41) is 1.49. The van der Waals surface area contributed by atoms with Gasteiger partial charge in [-0.05, 0) is 38.5 Å². The number of nitrogens with zero attached hydrogens (tertiary/aromatic N) is 2. The summed E-state index contributed by atoms with van der Waals surface area (Å²) in [7, 11) is 0. The molecule has 0 unspecified atom stereocenters. The molecule has 0 bridgehead atoms. The van der Waals surface area contributed by atoms with Gasteiger partial charge in [-0.25, -0.2) is 8.78 Å². The van der Waals surface area contributed by atoms with E-state index in [-0.39, 0.29) is 15.8 Å². The molecule has 0 aliphatic carbocycles. The van der Waals surface area contributed by atoms with Gasteiger partial charge in [0.25, 0.3) is 0 Å². The summed E-state index contributed by atoms with van der Waals surface area (Å²) in [6.07, 6.45) is 2.56. The minimum Gasteiger partial charge on any atom is -0.272 e. The lowest BCUT2D eigenvalue weighted by Gasteiger charge is -2.37. The van der Waals surface area contributed by atoms with Gasteiger partial charge in [-0.1, -0.05) is 25.6 Å². The topological polar surface area (TPSA) is 25.2 Å². The Bertz CT molecular complexity index is 782. The maximum absolute atomic E-state index is 13.7. The molecule has 1 aromatic carbocycles. The Morgan fingerprint density at radius 3 is 2.55 bits per heavy atom. The normalized spacial score (nSPS) is 20.0. The molecule has 116 valence electrons. The molecule has 1 aliphatic heterocycles. The zero-order valence-electron chi connectivity index (χ0n) is 13.1. The summed E-state index contributed by atoms with van der Waals surface area (Å²) in [6.45, 7) is 8.60. The van der Waals surface area contributed by atoms with Crippen LogP contribution in [0.2, 0.25) is 0 Å². The number of benzene rings is 1. The van der Waals surface area contributed by atoms with Gasteiger partial charge in [0.05, 0.1) is 5.54 Å². The Morgan fingerprint density at radius 2 is 1.86 bits per heavy atom. The van der Waals surface area contributed by atoms with Crippen LogP contribution in [0.15, 0.2) is 29.4 Å². The van der Waals surface area contributed by atoms with Crippen LogP contribution in [0, 0.1) is 11.6 Å². The van der Waals surface area contributed by atoms with Crippen LogP contribution in [0.4, 0.5) is 8.78 Å². The lowest BCUT2D eigenvalue weighted by atomic mass is 9.92. The average molecular weight is 320 g/mol. The van der Waals surface area contributed by atoms with Crippen molar-refractivity contribution in [1.29, 1.82) is 0 Å². The van der Waals surface area contributed by atoms with E-state index in [9.17, 15) is 8.78 Å². The van der Waals surface area contributed by atoms with Crippen molar-refractivity contribution >= 4 is 27.7 Å². The predicted octanol–water partition coefficient (Wildman–Crippen LogP) is 4.95. The van der Waals surface area contributed by atoms with Crippen molar-refractivity contribution in [2.24, 2.45) is 4.99 Å². The number of hydrogen-bond acceptors (Lipinski definition) is 3. The van der Waals surface area contributed by atoms with Crippen LogP contribution in [0.3, 0.4) is 0 Å². The zero-order valence-corrected chi connectivity index (χ0v) is 13.9. The summed E-state index contributed by atoms with van der Waals surface area (Å²) >= 11 is 1.70. The van der Waals surface area contributed by atoms with Crippen molar-refractivity contribution in [1.82, 2.24) is 4.98 Å². The summed E-state index contributed by atoms with van der Waals surface area (Å²) in [5.74, 6) is -1.78. The van der Waals surface area contributed by atoms with Gasteiger partial charge in [-0.3, -0.25) is 9.98 Å². The van der Waals surface area contributed by atoms with E-state index in [4.69, 9.17) is 4.99 Å². The van der Waals surface area contributed by atoms with E-state index in [1.807, 2.05) is 6.07 Å². The molecule has 0 spiro atoms. The van der Waals surface area contributed by atoms with E-state index in [0.717, 1.165) is 23.1 Å². The predicted molar refractivity (Wildman–Crippen MR) is 88.6 cm³/mol. The fraction of sp³-hybridized carbons (Fsp3) is 0.412. The summed E-state index contributed by atoms with van der Waals surface area (Å²) in [4.78, 5) is 8.90. The van der Waals surface area contributed by atoms with Gasteiger partial charge in [0.2, 0.25) is 0 Å². The number of hydrogen-bond donors (Lipinski definition) is 0. The number of rotatable bonds is 1. The summed E-state index contributed by atoms with van der Waals surface area (Å²) in [5.41, 5.74) is 0.764. The summed E-state index contributed by atoms with van der Waals surface area (Å²) < 4.78 is 27.1. The van der Waals surface area contributed by atoms with Crippen molar-refractivity contribution in [3.8, 4) is 0 Å². The standard InChI is InChI=1S/C17H18F2N2S/c1-16(2)9-17(3,4)22-15(21-16)11-7-10-5-6-12(18)13(19)14(10)20-8-11/h5-8H,9H2,1-4H3. The first-order chi connectivity index (χ1) is 10.2. The lowest BCUT2D eigenvalue weighted by Crippen LogP contribution is -2.35. The van der Waals surface area contributed by atoms with Crippen LogP contribution < -0.4 is 0 Å². The monoisotopic (exact) mass is 320 g/mol. The van der Waals surface area contributed by atoms with Crippen molar-refractivity contribution in [2.75, 3.05) is 0 Å². The van der Waals surface area contributed by atoms with Gasteiger partial charge in [0, 0.05) is 21.9 Å². The molecule has 0 amide bonds. The number of halogens is 2. The first kappa shape index (κ1) is 15.4. The lowest BCUT2D eigenvalue weighted by molar-refractivity contribution is 0.424. The largest absolute Gasteiger partial charge is 0.272 e. The molecule has 2 nitrogen and oxygen atoms in total. The molecule has 0 radical (unpaired) electrons. The van der Waals surface area contributed by atoms with Gasteiger partial charge in [-0.15, -0.1) is 0 Å². The SMILES string of the molecule is CC1(C)CC(C)(C)SC(c2cnc3c(F)c(F)ccc3c2)=N1. The second-order valence-electron chi connectivity index (χ2n) is 6.93. The highest BCUT2D eigenvalue weighted by Crippen LogP contribution is 2.42. The van der Waals surface area contributed by atoms with Crippen molar-refractivity contribution < 1.29 is 8.78 Å². The zero-order chi connectivity index (χ0) is 16.1. The Kier molecular flexibility index (Phi) is 3.51. The molecular weight excluding hydrogens is 302 g/mol. The second kappa shape index (κ2) is 5.01. The van der Waals surface area contributed by atoms with Crippen molar-refractivity contribution in [2.45, 2.75) is 44.4 Å². The molecule has 1 aromatic heterocycles. The van der Waals surface area contributed by atoms with Crippen LogP contribution in [0.25, 0.3) is 10.9 Å². The first-order valence-electron chi connectivity index (χ1n) is 7.20. The first-order valence-corrected chi connectivity index (χ1v) is 8.02. The fourth-order valence-corrected chi connectivity index (χ4v) is 4.53. The molecule has 5 heteroatoms. The third kappa shape index (κ3) is 2.86. The molecule has 0 saturated carbocycles. The van der Waals surface area contributed by atoms with Crippen LogP contribution in [0.1, 0.15) is 39.7 Å². The molecule has 0 saturated heterocycles. The molecule has 3 rings (SSSR count). The molecule has 0 N–H and O–H groups in total. The number of pyridine rings is 1. The van der Waals surface area contributed by atoms with Crippen molar-refractivity contribution in [3.63, 3.8) is 0 Å². The van der Waals surface area contributed by atoms with Gasteiger partial charge < -0.3 is 0 Å². The smallest absolute Gasteiger partial charge is 0.184 e. The summed E-state index contributed by atoms with van der Waals surface area (Å²) in [6, 6.07) is 4.51. The van der Waals surface area contributed by atoms with E-state index < -0.39 is 11.6 Å². The Morgan fingerprint density at radius 1 is 1.14 bits per heavy atom. The fourth-order valence-electron chi connectivity index (χ4n) is 3.06. The van der Waals surface area contributed by atoms with E-state index in [1.165, 1.54) is 0 Å². The maximum Gasteiger partial charge on any atom is 0.184 e. The molecule has 1 aliphatic rings. The number of aromatic nitrogens is 1. The highest BCUT2D eigenvalue weighted by molar-refractivity contribution is 8.15. The van der Waals surface area contributed by atoms with E-state index in [0.29, 0.717) is 5.39 Å². The molecule has 0 fully saturated rings. The molecule has 2 aromatic rings. The number of aliphatic imine (C=N–C) groups is 1. The number of thioether (sulfide) groups is 1. The van der Waals surface area contributed by atoms with Crippen LogP contribution >= 0.6 is 11.8 Å². The number of fused-ring (bicyclic) bond motifs is 1. The van der Waals surface area contributed by atoms with Gasteiger partial charge in [-0.2, -0.15) is 0 Å². The van der Waals surface area contributed by atoms with Gasteiger partial charge in [0.15, 0.2) is 11.6 Å². The minimum absolute atomic E-state index is 0.0590. The molecule has 22 heavy (non-hydrogen) atoms.